The third-order valence-electron chi connectivity index (χ3n) is 4.77. The molecule has 0 aliphatic carbocycles. The third-order valence-corrected chi connectivity index (χ3v) is 5.00. The molecule has 6 nitrogen and oxygen atoms in total. The van der Waals surface area contributed by atoms with Crippen molar-refractivity contribution in [2.45, 2.75) is 19.0 Å². The Labute approximate surface area is 156 Å². The van der Waals surface area contributed by atoms with E-state index in [0.717, 1.165) is 24.0 Å². The SMILES string of the molecule is CN(C)CCC1CN(C(=O)c2cc3cc(Cl)ccc3o2)Cc2ccnn21. The van der Waals surface area contributed by atoms with Crippen LogP contribution in [-0.2, 0) is 6.54 Å². The van der Waals surface area contributed by atoms with E-state index in [2.05, 4.69) is 24.1 Å². The average Bonchev–Trinajstić information content (AvgIpc) is 3.24. The molecule has 0 saturated heterocycles. The van der Waals surface area contributed by atoms with Gasteiger partial charge in [-0.3, -0.25) is 9.48 Å². The van der Waals surface area contributed by atoms with Crippen molar-refractivity contribution in [2.24, 2.45) is 0 Å². The number of fused-ring (bicyclic) bond motifs is 2. The lowest BCUT2D eigenvalue weighted by Crippen LogP contribution is -2.42. The Hall–Kier alpha value is -2.31. The van der Waals surface area contributed by atoms with Gasteiger partial charge in [0.05, 0.1) is 18.3 Å². The lowest BCUT2D eigenvalue weighted by molar-refractivity contribution is 0.0630. The Morgan fingerprint density at radius 3 is 3.00 bits per heavy atom. The van der Waals surface area contributed by atoms with E-state index >= 15 is 0 Å². The molecule has 4 rings (SSSR count). The molecule has 0 saturated carbocycles. The molecule has 0 bridgehead atoms. The summed E-state index contributed by atoms with van der Waals surface area (Å²) in [4.78, 5) is 17.0. The van der Waals surface area contributed by atoms with Crippen LogP contribution in [0.15, 0.2) is 40.9 Å². The van der Waals surface area contributed by atoms with Crippen molar-refractivity contribution in [3.8, 4) is 0 Å². The number of hydrogen-bond acceptors (Lipinski definition) is 4. The number of carbonyl (C=O) groups is 1. The zero-order valence-corrected chi connectivity index (χ0v) is 15.6. The van der Waals surface area contributed by atoms with Gasteiger partial charge in [-0.05, 0) is 57.4 Å². The van der Waals surface area contributed by atoms with Gasteiger partial charge in [0.15, 0.2) is 5.76 Å². The van der Waals surface area contributed by atoms with E-state index in [0.29, 0.717) is 29.5 Å². The first-order chi connectivity index (χ1) is 12.5. The van der Waals surface area contributed by atoms with Crippen molar-refractivity contribution in [1.82, 2.24) is 19.6 Å². The molecule has 0 N–H and O–H groups in total. The quantitative estimate of drug-likeness (QED) is 0.704. The van der Waals surface area contributed by atoms with Crippen LogP contribution in [0.4, 0.5) is 0 Å². The zero-order valence-electron chi connectivity index (χ0n) is 14.9. The Kier molecular flexibility index (Phi) is 4.46. The molecule has 0 fully saturated rings. The van der Waals surface area contributed by atoms with Crippen molar-refractivity contribution >= 4 is 28.5 Å². The van der Waals surface area contributed by atoms with E-state index in [4.69, 9.17) is 16.0 Å². The summed E-state index contributed by atoms with van der Waals surface area (Å²) >= 11 is 6.03. The first kappa shape index (κ1) is 17.1. The molecule has 0 spiro atoms. The molecule has 1 unspecified atom stereocenters. The molecule has 1 amide bonds. The molecule has 0 radical (unpaired) electrons. The molecule has 7 heteroatoms. The molecule has 1 aliphatic rings. The number of aromatic nitrogens is 2. The fraction of sp³-hybridized carbons (Fsp3) is 0.368. The van der Waals surface area contributed by atoms with Crippen LogP contribution in [0.1, 0.15) is 28.7 Å². The second-order valence-corrected chi connectivity index (χ2v) is 7.43. The summed E-state index contributed by atoms with van der Waals surface area (Å²) < 4.78 is 7.81. The van der Waals surface area contributed by atoms with Crippen molar-refractivity contribution in [1.29, 1.82) is 0 Å². The summed E-state index contributed by atoms with van der Waals surface area (Å²) in [6.45, 7) is 2.10. The van der Waals surface area contributed by atoms with Crippen LogP contribution in [0, 0.1) is 0 Å². The number of hydrogen-bond donors (Lipinski definition) is 0. The van der Waals surface area contributed by atoms with Crippen molar-refractivity contribution in [3.05, 3.63) is 53.0 Å². The number of benzene rings is 1. The van der Waals surface area contributed by atoms with Crippen LogP contribution in [0.5, 0.6) is 0 Å². The fourth-order valence-corrected chi connectivity index (χ4v) is 3.62. The molecule has 3 aromatic rings. The van der Waals surface area contributed by atoms with E-state index in [9.17, 15) is 4.79 Å². The highest BCUT2D eigenvalue weighted by Crippen LogP contribution is 2.27. The molecular formula is C19H21ClN4O2. The van der Waals surface area contributed by atoms with Crippen LogP contribution in [-0.4, -0.2) is 52.7 Å². The van der Waals surface area contributed by atoms with Gasteiger partial charge in [0.25, 0.3) is 5.91 Å². The molecule has 1 aromatic carbocycles. The van der Waals surface area contributed by atoms with Crippen LogP contribution in [0.25, 0.3) is 11.0 Å². The van der Waals surface area contributed by atoms with Crippen molar-refractivity contribution in [3.63, 3.8) is 0 Å². The Morgan fingerprint density at radius 1 is 1.35 bits per heavy atom. The highest BCUT2D eigenvalue weighted by atomic mass is 35.5. The lowest BCUT2D eigenvalue weighted by Gasteiger charge is -2.34. The molecule has 26 heavy (non-hydrogen) atoms. The van der Waals surface area contributed by atoms with Crippen molar-refractivity contribution in [2.75, 3.05) is 27.2 Å². The van der Waals surface area contributed by atoms with Gasteiger partial charge < -0.3 is 14.2 Å². The number of furan rings is 1. The maximum Gasteiger partial charge on any atom is 0.290 e. The summed E-state index contributed by atoms with van der Waals surface area (Å²) in [6, 6.07) is 9.27. The minimum atomic E-state index is -0.0976. The van der Waals surface area contributed by atoms with Crippen LogP contribution < -0.4 is 0 Å². The Balaban J connectivity index is 1.59. The number of rotatable bonds is 4. The summed E-state index contributed by atoms with van der Waals surface area (Å²) in [5.41, 5.74) is 1.72. The Morgan fingerprint density at radius 2 is 2.19 bits per heavy atom. The van der Waals surface area contributed by atoms with E-state index < -0.39 is 0 Å². The van der Waals surface area contributed by atoms with Gasteiger partial charge in [-0.2, -0.15) is 5.10 Å². The topological polar surface area (TPSA) is 54.5 Å². The highest BCUT2D eigenvalue weighted by Gasteiger charge is 2.30. The van der Waals surface area contributed by atoms with E-state index in [1.165, 1.54) is 0 Å². The van der Waals surface area contributed by atoms with Gasteiger partial charge in [0, 0.05) is 23.2 Å². The van der Waals surface area contributed by atoms with Gasteiger partial charge in [-0.25, -0.2) is 0 Å². The van der Waals surface area contributed by atoms with Crippen molar-refractivity contribution < 1.29 is 9.21 Å². The number of halogens is 1. The smallest absolute Gasteiger partial charge is 0.290 e. The maximum atomic E-state index is 13.0. The van der Waals surface area contributed by atoms with Gasteiger partial charge in [-0.1, -0.05) is 11.6 Å². The first-order valence-corrected chi connectivity index (χ1v) is 9.04. The van der Waals surface area contributed by atoms with Crippen LogP contribution >= 0.6 is 11.6 Å². The summed E-state index contributed by atoms with van der Waals surface area (Å²) in [5.74, 6) is 0.251. The summed E-state index contributed by atoms with van der Waals surface area (Å²) in [6.07, 6.45) is 2.73. The predicted molar refractivity (Wildman–Crippen MR) is 100 cm³/mol. The van der Waals surface area contributed by atoms with Crippen LogP contribution in [0.3, 0.4) is 0 Å². The van der Waals surface area contributed by atoms with Crippen LogP contribution in [0.2, 0.25) is 5.02 Å². The fourth-order valence-electron chi connectivity index (χ4n) is 3.44. The Bertz CT molecular complexity index is 946. The third kappa shape index (κ3) is 3.22. The normalized spacial score (nSPS) is 17.1. The lowest BCUT2D eigenvalue weighted by atomic mass is 10.1. The number of carbonyl (C=O) groups excluding carboxylic acids is 1. The van der Waals surface area contributed by atoms with E-state index in [1.54, 1.807) is 24.4 Å². The number of nitrogens with zero attached hydrogens (tertiary/aromatic N) is 4. The monoisotopic (exact) mass is 372 g/mol. The van der Waals surface area contributed by atoms with Gasteiger partial charge >= 0.3 is 0 Å². The maximum absolute atomic E-state index is 13.0. The standard InChI is InChI=1S/C19H21ClN4O2/c1-22(2)8-6-16-12-23(11-15-5-7-21-24(15)16)19(25)18-10-13-9-14(20)3-4-17(13)26-18/h3-5,7,9-10,16H,6,8,11-12H2,1-2H3. The largest absolute Gasteiger partial charge is 0.451 e. The predicted octanol–water partition coefficient (Wildman–Crippen LogP) is 3.43. The average molecular weight is 373 g/mol. The molecule has 3 heterocycles. The van der Waals surface area contributed by atoms with E-state index in [1.807, 2.05) is 21.7 Å². The molecular weight excluding hydrogens is 352 g/mol. The van der Waals surface area contributed by atoms with Gasteiger partial charge in [0.2, 0.25) is 0 Å². The second-order valence-electron chi connectivity index (χ2n) is 6.99. The highest BCUT2D eigenvalue weighted by molar-refractivity contribution is 6.31. The minimum absolute atomic E-state index is 0.0976. The summed E-state index contributed by atoms with van der Waals surface area (Å²) in [5, 5.41) is 5.92. The summed E-state index contributed by atoms with van der Waals surface area (Å²) in [7, 11) is 4.10. The first-order valence-electron chi connectivity index (χ1n) is 8.67. The van der Waals surface area contributed by atoms with Gasteiger partial charge in [0.1, 0.15) is 5.58 Å². The van der Waals surface area contributed by atoms with Gasteiger partial charge in [-0.15, -0.1) is 0 Å². The second kappa shape index (κ2) is 6.78. The molecule has 1 atom stereocenters. The molecule has 136 valence electrons. The van der Waals surface area contributed by atoms with E-state index in [-0.39, 0.29) is 11.9 Å². The zero-order chi connectivity index (χ0) is 18.3. The molecule has 2 aromatic heterocycles. The minimum Gasteiger partial charge on any atom is -0.451 e. The number of amides is 1. The molecule has 1 aliphatic heterocycles.